The normalized spacial score (nSPS) is 23.7. The highest BCUT2D eigenvalue weighted by Crippen LogP contribution is 2.46. The van der Waals surface area contributed by atoms with Crippen LogP contribution in [0.4, 0.5) is 20.7 Å². The van der Waals surface area contributed by atoms with Crippen molar-refractivity contribution in [2.75, 3.05) is 42.6 Å². The number of pyridine rings is 1. The predicted molar refractivity (Wildman–Crippen MR) is 164 cm³/mol. The summed E-state index contributed by atoms with van der Waals surface area (Å²) in [6.45, 7) is 3.40. The fraction of sp³-hybridized carbons (Fsp3) is 0.375. The van der Waals surface area contributed by atoms with E-state index >= 15 is 4.39 Å². The topological polar surface area (TPSA) is 78.4 Å². The first-order valence-corrected chi connectivity index (χ1v) is 15.3. The molecule has 0 spiro atoms. The lowest BCUT2D eigenvalue weighted by atomic mass is 9.86. The second-order valence-corrected chi connectivity index (χ2v) is 12.3. The highest BCUT2D eigenvalue weighted by atomic mass is 35.5. The Bertz CT molecular complexity index is 1580. The highest BCUT2D eigenvalue weighted by molar-refractivity contribution is 6.35. The maximum absolute atomic E-state index is 15.4. The summed E-state index contributed by atoms with van der Waals surface area (Å²) in [6, 6.07) is 14.3. The van der Waals surface area contributed by atoms with Crippen molar-refractivity contribution in [3.63, 3.8) is 0 Å². The molecule has 5 heterocycles. The molecule has 3 aromatic rings. The van der Waals surface area contributed by atoms with Gasteiger partial charge in [-0.05, 0) is 80.2 Å². The second-order valence-electron chi connectivity index (χ2n) is 11.4. The van der Waals surface area contributed by atoms with Crippen LogP contribution in [0, 0.1) is 0 Å². The number of carbonyl (C=O) groups is 1. The van der Waals surface area contributed by atoms with Crippen molar-refractivity contribution in [1.29, 1.82) is 0 Å². The molecule has 8 nitrogen and oxygen atoms in total. The number of para-hydroxylation sites is 1. The van der Waals surface area contributed by atoms with Crippen LogP contribution in [0.15, 0.2) is 60.8 Å². The predicted octanol–water partition coefficient (Wildman–Crippen LogP) is 7.13. The first-order chi connectivity index (χ1) is 20.9. The molecule has 11 heteroatoms. The summed E-state index contributed by atoms with van der Waals surface area (Å²) in [5.41, 5.74) is 2.68. The largest absolute Gasteiger partial charge is 0.480 e. The maximum atomic E-state index is 15.4. The van der Waals surface area contributed by atoms with E-state index in [4.69, 9.17) is 32.7 Å². The van der Waals surface area contributed by atoms with Gasteiger partial charge in [-0.25, -0.2) is 14.2 Å². The molecule has 2 fully saturated rings. The molecule has 1 aromatic heterocycles. The zero-order chi connectivity index (χ0) is 29.7. The number of fused-ring (bicyclic) bond motifs is 2. The molecule has 0 saturated carbocycles. The van der Waals surface area contributed by atoms with Crippen molar-refractivity contribution in [3.8, 4) is 5.75 Å². The van der Waals surface area contributed by atoms with Gasteiger partial charge in [0.2, 0.25) is 0 Å². The first kappa shape index (κ1) is 28.4. The van der Waals surface area contributed by atoms with Gasteiger partial charge in [0.15, 0.2) is 5.82 Å². The van der Waals surface area contributed by atoms with Gasteiger partial charge in [-0.15, -0.1) is 0 Å². The summed E-state index contributed by atoms with van der Waals surface area (Å²) in [5, 5.41) is 11.1. The number of halogens is 3. The molecular weight excluding hydrogens is 594 g/mol. The van der Waals surface area contributed by atoms with Gasteiger partial charge in [0.25, 0.3) is 0 Å². The first-order valence-electron chi connectivity index (χ1n) is 14.6. The third-order valence-corrected chi connectivity index (χ3v) is 9.48. The number of anilines is 2. The van der Waals surface area contributed by atoms with Crippen molar-refractivity contribution in [2.45, 2.75) is 43.6 Å². The van der Waals surface area contributed by atoms with E-state index in [0.717, 1.165) is 44.5 Å². The Hall–Kier alpha value is -3.37. The monoisotopic (exact) mass is 624 g/mol. The van der Waals surface area contributed by atoms with Gasteiger partial charge >= 0.3 is 6.09 Å². The minimum Gasteiger partial charge on any atom is -0.480 e. The van der Waals surface area contributed by atoms with Crippen LogP contribution in [0.1, 0.15) is 48.0 Å². The zero-order valence-corrected chi connectivity index (χ0v) is 24.8. The SMILES string of the molecule is O=C(O)N1c2cccnc2N(CC2CCO2)C1CN1CCC(c2cccc3c2OC(c2ccc(Cl)cc2Cl)C=C3F)CC1. The molecule has 224 valence electrons. The van der Waals surface area contributed by atoms with Gasteiger partial charge in [0.05, 0.1) is 17.4 Å². The second kappa shape index (κ2) is 11.6. The van der Waals surface area contributed by atoms with E-state index in [2.05, 4.69) is 14.8 Å². The Morgan fingerprint density at radius 2 is 1.86 bits per heavy atom. The number of benzene rings is 2. The Labute approximate surface area is 259 Å². The van der Waals surface area contributed by atoms with Crippen molar-refractivity contribution in [1.82, 2.24) is 9.88 Å². The fourth-order valence-electron chi connectivity index (χ4n) is 6.63. The number of nitrogens with zero attached hydrogens (tertiary/aromatic N) is 4. The van der Waals surface area contributed by atoms with E-state index in [0.29, 0.717) is 51.5 Å². The molecule has 3 atom stereocenters. The zero-order valence-electron chi connectivity index (χ0n) is 23.3. The molecule has 3 unspecified atom stereocenters. The van der Waals surface area contributed by atoms with E-state index < -0.39 is 18.4 Å². The number of rotatable bonds is 6. The molecular formula is C32H31Cl2FN4O4. The summed E-state index contributed by atoms with van der Waals surface area (Å²) in [7, 11) is 0. The maximum Gasteiger partial charge on any atom is 0.413 e. The smallest absolute Gasteiger partial charge is 0.413 e. The number of hydrogen-bond acceptors (Lipinski definition) is 6. The van der Waals surface area contributed by atoms with Gasteiger partial charge in [-0.2, -0.15) is 0 Å². The Morgan fingerprint density at radius 1 is 1.05 bits per heavy atom. The number of piperidine rings is 1. The summed E-state index contributed by atoms with van der Waals surface area (Å²) >= 11 is 12.5. The third-order valence-electron chi connectivity index (χ3n) is 8.92. The van der Waals surface area contributed by atoms with Crippen LogP contribution in [0.5, 0.6) is 5.75 Å². The molecule has 43 heavy (non-hydrogen) atoms. The van der Waals surface area contributed by atoms with E-state index in [-0.39, 0.29) is 17.8 Å². The fourth-order valence-corrected chi connectivity index (χ4v) is 7.14. The van der Waals surface area contributed by atoms with E-state index in [9.17, 15) is 9.90 Å². The number of ether oxygens (including phenoxy) is 2. The summed E-state index contributed by atoms with van der Waals surface area (Å²) < 4.78 is 27.5. The van der Waals surface area contributed by atoms with Crippen LogP contribution in [0.3, 0.4) is 0 Å². The van der Waals surface area contributed by atoms with Crippen LogP contribution in [0.25, 0.3) is 5.83 Å². The number of hydrogen-bond donors (Lipinski definition) is 1. The number of aromatic nitrogens is 1. The molecule has 4 aliphatic rings. The molecule has 2 saturated heterocycles. The van der Waals surface area contributed by atoms with Crippen molar-refractivity contribution >= 4 is 46.6 Å². The summed E-state index contributed by atoms with van der Waals surface area (Å²) in [4.78, 5) is 22.8. The molecule has 1 N–H and O–H groups in total. The molecule has 2 aromatic carbocycles. The lowest BCUT2D eigenvalue weighted by Gasteiger charge is -2.40. The molecule has 4 aliphatic heterocycles. The molecule has 1 amide bonds. The lowest BCUT2D eigenvalue weighted by Crippen LogP contribution is -2.56. The molecule has 0 bridgehead atoms. The van der Waals surface area contributed by atoms with Crippen LogP contribution in [0.2, 0.25) is 10.0 Å². The van der Waals surface area contributed by atoms with Gasteiger partial charge in [-0.1, -0.05) is 41.4 Å². The van der Waals surface area contributed by atoms with Crippen LogP contribution < -0.4 is 14.5 Å². The average Bonchev–Trinajstić information content (AvgIpc) is 3.28. The third kappa shape index (κ3) is 5.33. The van der Waals surface area contributed by atoms with Crippen molar-refractivity contribution in [2.24, 2.45) is 0 Å². The van der Waals surface area contributed by atoms with Gasteiger partial charge < -0.3 is 19.5 Å². The molecule has 0 aliphatic carbocycles. The van der Waals surface area contributed by atoms with E-state index in [1.54, 1.807) is 36.5 Å². The van der Waals surface area contributed by atoms with Crippen LogP contribution in [-0.4, -0.2) is 66.1 Å². The number of amides is 1. The van der Waals surface area contributed by atoms with Crippen molar-refractivity contribution in [3.05, 3.63) is 87.5 Å². The van der Waals surface area contributed by atoms with Crippen molar-refractivity contribution < 1.29 is 23.8 Å². The molecule has 0 radical (unpaired) electrons. The summed E-state index contributed by atoms with van der Waals surface area (Å²) in [6.07, 6.45) is 3.77. The van der Waals surface area contributed by atoms with Gasteiger partial charge in [-0.3, -0.25) is 9.80 Å². The Kier molecular flexibility index (Phi) is 7.67. The van der Waals surface area contributed by atoms with Crippen LogP contribution in [-0.2, 0) is 4.74 Å². The number of likely N-dealkylation sites (tertiary alicyclic amines) is 1. The van der Waals surface area contributed by atoms with Gasteiger partial charge in [0.1, 0.15) is 23.8 Å². The van der Waals surface area contributed by atoms with E-state index in [1.807, 2.05) is 18.2 Å². The minimum absolute atomic E-state index is 0.0714. The minimum atomic E-state index is -0.996. The van der Waals surface area contributed by atoms with Gasteiger partial charge in [0, 0.05) is 41.5 Å². The van der Waals surface area contributed by atoms with E-state index in [1.165, 1.54) is 11.0 Å². The number of carboxylic acid groups (broad SMARTS) is 1. The van der Waals surface area contributed by atoms with Crippen LogP contribution >= 0.6 is 23.2 Å². The molecule has 7 rings (SSSR count). The summed E-state index contributed by atoms with van der Waals surface area (Å²) in [5.74, 6) is 1.06. The highest BCUT2D eigenvalue weighted by Gasteiger charge is 2.43. The lowest BCUT2D eigenvalue weighted by molar-refractivity contribution is -0.0454. The quantitative estimate of drug-likeness (QED) is 0.312. The Balaban J connectivity index is 1.08. The average molecular weight is 626 g/mol. The standard InChI is InChI=1S/C32H31Cl2FN4O4/c33-20-6-7-23(25(34)15-20)28-16-26(35)24-4-1-3-22(30(24)43-28)19-8-12-37(13-9-19)18-29-38(17-21-10-14-42-21)31-27(5-2-11-36-31)39(29)32(40)41/h1-7,11,15-16,19,21,28-29H,8-10,12-14,17-18H2,(H,40,41). The Morgan fingerprint density at radius 3 is 2.58 bits per heavy atom.